The number of hydrogen-bond acceptors (Lipinski definition) is 3. The van der Waals surface area contributed by atoms with Crippen LogP contribution in [0.1, 0.15) is 12.8 Å². The highest BCUT2D eigenvalue weighted by Crippen LogP contribution is 2.22. The highest BCUT2D eigenvalue weighted by molar-refractivity contribution is 5.91. The summed E-state index contributed by atoms with van der Waals surface area (Å²) in [5.74, 6) is 0.00399. The lowest BCUT2D eigenvalue weighted by Gasteiger charge is -2.07. The number of benzene rings is 1. The van der Waals surface area contributed by atoms with Gasteiger partial charge in [-0.3, -0.25) is 9.48 Å². The Kier molecular flexibility index (Phi) is 4.47. The summed E-state index contributed by atoms with van der Waals surface area (Å²) in [6.45, 7) is 0.738. The Morgan fingerprint density at radius 1 is 1.08 bits per heavy atom. The average molecular weight is 345 g/mol. The molecule has 0 spiro atoms. The van der Waals surface area contributed by atoms with E-state index in [1.807, 2.05) is 76.2 Å². The number of nitrogens with zero attached hydrogens (tertiary/aromatic N) is 4. The Balaban J connectivity index is 1.41. The molecule has 3 aromatic heterocycles. The zero-order valence-corrected chi connectivity index (χ0v) is 14.2. The number of anilines is 1. The first kappa shape index (κ1) is 16.1. The minimum absolute atomic E-state index is 0.00399. The molecule has 0 saturated heterocycles. The van der Waals surface area contributed by atoms with E-state index in [1.165, 1.54) is 0 Å². The zero-order chi connectivity index (χ0) is 17.8. The van der Waals surface area contributed by atoms with Crippen LogP contribution in [0.5, 0.6) is 0 Å². The summed E-state index contributed by atoms with van der Waals surface area (Å²) in [4.78, 5) is 16.8. The first-order valence-electron chi connectivity index (χ1n) is 8.59. The number of fused-ring (bicyclic) bond motifs is 1. The van der Waals surface area contributed by atoms with Crippen molar-refractivity contribution in [3.8, 4) is 11.3 Å². The number of hydrogen-bond donors (Lipinski definition) is 1. The van der Waals surface area contributed by atoms with Gasteiger partial charge in [-0.25, -0.2) is 4.98 Å². The lowest BCUT2D eigenvalue weighted by Crippen LogP contribution is -2.12. The highest BCUT2D eigenvalue weighted by Gasteiger charge is 2.07. The molecule has 4 rings (SSSR count). The molecule has 1 N–H and O–H groups in total. The van der Waals surface area contributed by atoms with Crippen LogP contribution in [0.15, 0.2) is 73.3 Å². The maximum Gasteiger partial charge on any atom is 0.224 e. The highest BCUT2D eigenvalue weighted by atomic mass is 16.1. The van der Waals surface area contributed by atoms with Crippen LogP contribution in [0, 0.1) is 0 Å². The predicted molar refractivity (Wildman–Crippen MR) is 101 cm³/mol. The monoisotopic (exact) mass is 345 g/mol. The van der Waals surface area contributed by atoms with Gasteiger partial charge in [0, 0.05) is 49.0 Å². The summed E-state index contributed by atoms with van der Waals surface area (Å²) in [6, 6.07) is 15.6. The van der Waals surface area contributed by atoms with E-state index in [0.717, 1.165) is 35.6 Å². The molecule has 0 aliphatic carbocycles. The number of nitrogens with one attached hydrogen (secondary N) is 1. The van der Waals surface area contributed by atoms with Crippen molar-refractivity contribution in [2.24, 2.45) is 0 Å². The molecular formula is C20H19N5O. The van der Waals surface area contributed by atoms with Gasteiger partial charge in [-0.1, -0.05) is 18.2 Å². The van der Waals surface area contributed by atoms with Gasteiger partial charge >= 0.3 is 0 Å². The quantitative estimate of drug-likeness (QED) is 0.580. The van der Waals surface area contributed by atoms with Gasteiger partial charge in [0.2, 0.25) is 5.91 Å². The van der Waals surface area contributed by atoms with Crippen LogP contribution in [-0.2, 0) is 11.3 Å². The van der Waals surface area contributed by atoms with Crippen molar-refractivity contribution in [3.05, 3.63) is 73.3 Å². The number of rotatable bonds is 6. The third-order valence-electron chi connectivity index (χ3n) is 4.16. The molecule has 130 valence electrons. The van der Waals surface area contributed by atoms with Crippen molar-refractivity contribution >= 4 is 17.2 Å². The van der Waals surface area contributed by atoms with Crippen molar-refractivity contribution in [2.45, 2.75) is 19.4 Å². The van der Waals surface area contributed by atoms with Gasteiger partial charge in [0.25, 0.3) is 0 Å². The van der Waals surface area contributed by atoms with Crippen molar-refractivity contribution in [2.75, 3.05) is 5.32 Å². The van der Waals surface area contributed by atoms with Gasteiger partial charge < -0.3 is 9.72 Å². The Morgan fingerprint density at radius 2 is 2.04 bits per heavy atom. The minimum Gasteiger partial charge on any atom is -0.326 e. The fourth-order valence-electron chi connectivity index (χ4n) is 2.89. The molecule has 4 aromatic rings. The maximum absolute atomic E-state index is 12.2. The van der Waals surface area contributed by atoms with Crippen molar-refractivity contribution in [1.82, 2.24) is 19.2 Å². The number of pyridine rings is 1. The Morgan fingerprint density at radius 3 is 2.88 bits per heavy atom. The Hall–Kier alpha value is -3.41. The molecule has 0 bridgehead atoms. The molecular weight excluding hydrogens is 326 g/mol. The van der Waals surface area contributed by atoms with E-state index in [0.29, 0.717) is 6.42 Å². The SMILES string of the molecule is O=C(CCCn1cccn1)Nc1cccc(-c2cn3ccccc3n2)c1. The first-order chi connectivity index (χ1) is 12.8. The zero-order valence-electron chi connectivity index (χ0n) is 14.2. The fraction of sp³-hybridized carbons (Fsp3) is 0.150. The van der Waals surface area contributed by atoms with E-state index >= 15 is 0 Å². The van der Waals surface area contributed by atoms with Gasteiger partial charge in [0.15, 0.2) is 0 Å². The van der Waals surface area contributed by atoms with Gasteiger partial charge in [-0.05, 0) is 36.8 Å². The number of aryl methyl sites for hydroxylation is 1. The lowest BCUT2D eigenvalue weighted by molar-refractivity contribution is -0.116. The molecule has 0 unspecified atom stereocenters. The molecule has 0 atom stereocenters. The van der Waals surface area contributed by atoms with Crippen molar-refractivity contribution in [1.29, 1.82) is 0 Å². The third kappa shape index (κ3) is 3.64. The maximum atomic E-state index is 12.2. The number of imidazole rings is 1. The minimum atomic E-state index is 0.00399. The van der Waals surface area contributed by atoms with E-state index in [-0.39, 0.29) is 5.91 Å². The second kappa shape index (κ2) is 7.23. The van der Waals surface area contributed by atoms with Crippen LogP contribution in [0.2, 0.25) is 0 Å². The predicted octanol–water partition coefficient (Wildman–Crippen LogP) is 3.62. The lowest BCUT2D eigenvalue weighted by atomic mass is 10.1. The number of carbonyl (C=O) groups is 1. The summed E-state index contributed by atoms with van der Waals surface area (Å²) in [7, 11) is 0. The average Bonchev–Trinajstić information content (AvgIpc) is 3.31. The van der Waals surface area contributed by atoms with Crippen LogP contribution < -0.4 is 5.32 Å². The molecule has 0 fully saturated rings. The van der Waals surface area contributed by atoms with Crippen LogP contribution in [0.4, 0.5) is 5.69 Å². The molecule has 0 aliphatic heterocycles. The molecule has 1 amide bonds. The third-order valence-corrected chi connectivity index (χ3v) is 4.16. The van der Waals surface area contributed by atoms with Crippen LogP contribution in [0.25, 0.3) is 16.9 Å². The molecule has 3 heterocycles. The summed E-state index contributed by atoms with van der Waals surface area (Å²) < 4.78 is 3.81. The van der Waals surface area contributed by atoms with E-state index in [2.05, 4.69) is 15.4 Å². The number of aromatic nitrogens is 4. The first-order valence-corrected chi connectivity index (χ1v) is 8.59. The summed E-state index contributed by atoms with van der Waals surface area (Å²) in [5, 5.41) is 7.10. The van der Waals surface area contributed by atoms with E-state index in [1.54, 1.807) is 6.20 Å². The number of amides is 1. The second-order valence-corrected chi connectivity index (χ2v) is 6.09. The van der Waals surface area contributed by atoms with Gasteiger partial charge in [0.05, 0.1) is 5.69 Å². The molecule has 0 radical (unpaired) electrons. The van der Waals surface area contributed by atoms with Crippen LogP contribution in [0.3, 0.4) is 0 Å². The number of carbonyl (C=O) groups excluding carboxylic acids is 1. The Labute approximate surface area is 151 Å². The fourth-order valence-corrected chi connectivity index (χ4v) is 2.89. The van der Waals surface area contributed by atoms with Crippen LogP contribution in [-0.4, -0.2) is 25.1 Å². The van der Waals surface area contributed by atoms with Crippen LogP contribution >= 0.6 is 0 Å². The molecule has 0 aliphatic rings. The smallest absolute Gasteiger partial charge is 0.224 e. The molecule has 6 heteroatoms. The molecule has 6 nitrogen and oxygen atoms in total. The van der Waals surface area contributed by atoms with Gasteiger partial charge in [-0.15, -0.1) is 0 Å². The van der Waals surface area contributed by atoms with E-state index in [9.17, 15) is 4.79 Å². The van der Waals surface area contributed by atoms with Crippen molar-refractivity contribution in [3.63, 3.8) is 0 Å². The van der Waals surface area contributed by atoms with E-state index < -0.39 is 0 Å². The van der Waals surface area contributed by atoms with E-state index in [4.69, 9.17) is 0 Å². The van der Waals surface area contributed by atoms with Gasteiger partial charge in [0.1, 0.15) is 5.65 Å². The summed E-state index contributed by atoms with van der Waals surface area (Å²) in [5.41, 5.74) is 3.54. The van der Waals surface area contributed by atoms with Gasteiger partial charge in [-0.2, -0.15) is 5.10 Å². The summed E-state index contributed by atoms with van der Waals surface area (Å²) in [6.07, 6.45) is 8.80. The van der Waals surface area contributed by atoms with Crippen molar-refractivity contribution < 1.29 is 4.79 Å². The Bertz CT molecular complexity index is 987. The topological polar surface area (TPSA) is 64.2 Å². The second-order valence-electron chi connectivity index (χ2n) is 6.09. The standard InChI is InChI=1S/C20H19N5O/c26-20(9-4-12-25-13-5-10-21-25)22-17-7-3-6-16(14-17)18-15-24-11-2-1-8-19(24)23-18/h1-3,5-8,10-11,13-15H,4,9,12H2,(H,22,26). The molecule has 1 aromatic carbocycles. The normalized spacial score (nSPS) is 10.9. The molecule has 26 heavy (non-hydrogen) atoms. The summed E-state index contributed by atoms with van der Waals surface area (Å²) >= 11 is 0. The molecule has 0 saturated carbocycles. The largest absolute Gasteiger partial charge is 0.326 e.